The van der Waals surface area contributed by atoms with Crippen molar-refractivity contribution in [1.29, 1.82) is 0 Å². The average molecular weight is 428 g/mol. The first-order valence-electron chi connectivity index (χ1n) is 10.7. The molecule has 0 bridgehead atoms. The Hall–Kier alpha value is -2.91. The van der Waals surface area contributed by atoms with Crippen LogP contribution in [0.1, 0.15) is 18.2 Å². The molecule has 0 atom stereocenters. The summed E-state index contributed by atoms with van der Waals surface area (Å²) in [5, 5.41) is 10.3. The van der Waals surface area contributed by atoms with Gasteiger partial charge < -0.3 is 25.0 Å². The molecule has 9 heteroatoms. The van der Waals surface area contributed by atoms with Crippen molar-refractivity contribution in [2.24, 2.45) is 4.99 Å². The molecule has 1 aromatic heterocycles. The Labute approximate surface area is 184 Å². The lowest BCUT2D eigenvalue weighted by Crippen LogP contribution is -2.52. The molecule has 0 unspecified atom stereocenters. The summed E-state index contributed by atoms with van der Waals surface area (Å²) >= 11 is 0. The van der Waals surface area contributed by atoms with Crippen LogP contribution in [-0.2, 0) is 17.9 Å². The highest BCUT2D eigenvalue weighted by Crippen LogP contribution is 2.13. The predicted octanol–water partition coefficient (Wildman–Crippen LogP) is 1.46. The smallest absolute Gasteiger partial charge is 0.238 e. The van der Waals surface area contributed by atoms with E-state index in [-0.39, 0.29) is 5.91 Å². The number of guanidine groups is 1. The highest BCUT2D eigenvalue weighted by molar-refractivity contribution is 5.92. The van der Waals surface area contributed by atoms with Crippen LogP contribution in [0.3, 0.4) is 0 Å². The van der Waals surface area contributed by atoms with Crippen LogP contribution in [0.5, 0.6) is 0 Å². The standard InChI is InChI=1S/C22H33N7O2/c1-4-23-22(29-11-9-28(10-12-29)16-20-8-13-31-26-20)24-15-18-6-5-7-19(14-18)25-21(30)17-27(2)3/h5-8,13-14H,4,9-12,15-17H2,1-3H3,(H,23,24)(H,25,30). The third-order valence-electron chi connectivity index (χ3n) is 4.97. The molecule has 2 N–H and O–H groups in total. The molecule has 2 aromatic rings. The van der Waals surface area contributed by atoms with E-state index in [1.54, 1.807) is 6.26 Å². The Kier molecular flexibility index (Phi) is 8.43. The lowest BCUT2D eigenvalue weighted by molar-refractivity contribution is -0.116. The average Bonchev–Trinajstić information content (AvgIpc) is 3.24. The summed E-state index contributed by atoms with van der Waals surface area (Å²) in [6.45, 7) is 8.33. The fourth-order valence-electron chi connectivity index (χ4n) is 3.49. The second kappa shape index (κ2) is 11.5. The fourth-order valence-corrected chi connectivity index (χ4v) is 3.49. The van der Waals surface area contributed by atoms with Gasteiger partial charge in [0.25, 0.3) is 0 Å². The molecular weight excluding hydrogens is 394 g/mol. The van der Waals surface area contributed by atoms with Gasteiger partial charge in [-0.05, 0) is 38.7 Å². The van der Waals surface area contributed by atoms with Crippen LogP contribution in [0.2, 0.25) is 0 Å². The van der Waals surface area contributed by atoms with Gasteiger partial charge in [0.05, 0.1) is 18.8 Å². The zero-order chi connectivity index (χ0) is 22.1. The number of hydrogen-bond acceptors (Lipinski definition) is 6. The monoisotopic (exact) mass is 427 g/mol. The highest BCUT2D eigenvalue weighted by atomic mass is 16.5. The van der Waals surface area contributed by atoms with Crippen molar-refractivity contribution in [3.8, 4) is 0 Å². The van der Waals surface area contributed by atoms with Crippen LogP contribution < -0.4 is 10.6 Å². The minimum atomic E-state index is -0.0255. The predicted molar refractivity (Wildman–Crippen MR) is 122 cm³/mol. The molecule has 0 saturated carbocycles. The molecule has 0 radical (unpaired) electrons. The normalized spacial score (nSPS) is 15.4. The van der Waals surface area contributed by atoms with Gasteiger partial charge in [0, 0.05) is 51.0 Å². The Balaban J connectivity index is 1.56. The van der Waals surface area contributed by atoms with Crippen molar-refractivity contribution in [3.05, 3.63) is 47.9 Å². The van der Waals surface area contributed by atoms with Gasteiger partial charge in [-0.2, -0.15) is 0 Å². The first kappa shape index (κ1) is 22.8. The summed E-state index contributed by atoms with van der Waals surface area (Å²) in [7, 11) is 3.75. The maximum atomic E-state index is 12.0. The van der Waals surface area contributed by atoms with Gasteiger partial charge in [-0.25, -0.2) is 4.99 Å². The second-order valence-corrected chi connectivity index (χ2v) is 7.91. The molecule has 0 aliphatic carbocycles. The molecular formula is C22H33N7O2. The molecule has 1 aromatic carbocycles. The molecule has 3 rings (SSSR count). The van der Waals surface area contributed by atoms with Crippen LogP contribution in [0.15, 0.2) is 46.1 Å². The van der Waals surface area contributed by atoms with Crippen LogP contribution in [0, 0.1) is 0 Å². The van der Waals surface area contributed by atoms with E-state index < -0.39 is 0 Å². The third kappa shape index (κ3) is 7.37. The number of anilines is 1. The van der Waals surface area contributed by atoms with E-state index in [0.717, 1.165) is 62.2 Å². The summed E-state index contributed by atoms with van der Waals surface area (Å²) in [5.74, 6) is 0.896. The molecule has 9 nitrogen and oxygen atoms in total. The summed E-state index contributed by atoms with van der Waals surface area (Å²) in [5.41, 5.74) is 2.82. The first-order valence-corrected chi connectivity index (χ1v) is 10.7. The Morgan fingerprint density at radius 2 is 2.03 bits per heavy atom. The number of amides is 1. The number of piperazine rings is 1. The molecule has 31 heavy (non-hydrogen) atoms. The molecule has 1 fully saturated rings. The van der Waals surface area contributed by atoms with E-state index in [4.69, 9.17) is 9.52 Å². The van der Waals surface area contributed by atoms with Gasteiger partial charge in [0.1, 0.15) is 6.26 Å². The van der Waals surface area contributed by atoms with Crippen molar-refractivity contribution >= 4 is 17.6 Å². The fraction of sp³-hybridized carbons (Fsp3) is 0.500. The summed E-state index contributed by atoms with van der Waals surface area (Å²) in [6, 6.07) is 9.78. The summed E-state index contributed by atoms with van der Waals surface area (Å²) in [4.78, 5) is 23.4. The zero-order valence-electron chi connectivity index (χ0n) is 18.7. The van der Waals surface area contributed by atoms with Gasteiger partial charge in [-0.15, -0.1) is 0 Å². The molecule has 168 valence electrons. The van der Waals surface area contributed by atoms with Crippen molar-refractivity contribution in [2.75, 3.05) is 58.7 Å². The number of aromatic nitrogens is 1. The number of carbonyl (C=O) groups excluding carboxylic acids is 1. The van der Waals surface area contributed by atoms with Crippen molar-refractivity contribution in [1.82, 2.24) is 25.2 Å². The minimum Gasteiger partial charge on any atom is -0.364 e. The van der Waals surface area contributed by atoms with Crippen LogP contribution in [-0.4, -0.2) is 85.1 Å². The molecule has 1 amide bonds. The van der Waals surface area contributed by atoms with E-state index in [9.17, 15) is 4.79 Å². The third-order valence-corrected chi connectivity index (χ3v) is 4.97. The highest BCUT2D eigenvalue weighted by Gasteiger charge is 2.20. The molecule has 0 spiro atoms. The largest absolute Gasteiger partial charge is 0.364 e. The quantitative estimate of drug-likeness (QED) is 0.487. The van der Waals surface area contributed by atoms with Gasteiger partial charge in [-0.1, -0.05) is 17.3 Å². The van der Waals surface area contributed by atoms with E-state index in [2.05, 4.69) is 32.5 Å². The van der Waals surface area contributed by atoms with Crippen molar-refractivity contribution in [3.63, 3.8) is 0 Å². The van der Waals surface area contributed by atoms with Crippen LogP contribution in [0.4, 0.5) is 5.69 Å². The number of hydrogen-bond donors (Lipinski definition) is 2. The van der Waals surface area contributed by atoms with Crippen LogP contribution >= 0.6 is 0 Å². The number of rotatable bonds is 8. The van der Waals surface area contributed by atoms with E-state index in [1.807, 2.05) is 49.3 Å². The maximum absolute atomic E-state index is 12.0. The maximum Gasteiger partial charge on any atom is 0.238 e. The van der Waals surface area contributed by atoms with E-state index in [1.165, 1.54) is 0 Å². The van der Waals surface area contributed by atoms with Gasteiger partial charge in [0.2, 0.25) is 5.91 Å². The Bertz CT molecular complexity index is 843. The Morgan fingerprint density at radius 1 is 1.23 bits per heavy atom. The number of carbonyl (C=O) groups is 1. The topological polar surface area (TPSA) is 89.2 Å². The summed E-state index contributed by atoms with van der Waals surface area (Å²) < 4.78 is 4.93. The van der Waals surface area contributed by atoms with Crippen molar-refractivity contribution < 1.29 is 9.32 Å². The van der Waals surface area contributed by atoms with Crippen molar-refractivity contribution in [2.45, 2.75) is 20.0 Å². The molecule has 1 saturated heterocycles. The molecule has 1 aliphatic heterocycles. The molecule has 2 heterocycles. The number of benzene rings is 1. The van der Waals surface area contributed by atoms with Gasteiger partial charge >= 0.3 is 0 Å². The van der Waals surface area contributed by atoms with Gasteiger partial charge in [0.15, 0.2) is 5.96 Å². The second-order valence-electron chi connectivity index (χ2n) is 7.91. The SMILES string of the molecule is CCNC(=NCc1cccc(NC(=O)CN(C)C)c1)N1CCN(Cc2ccon2)CC1. The first-order chi connectivity index (χ1) is 15.0. The van der Waals surface area contributed by atoms with Crippen LogP contribution in [0.25, 0.3) is 0 Å². The molecule has 1 aliphatic rings. The number of likely N-dealkylation sites (N-methyl/N-ethyl adjacent to an activating group) is 1. The zero-order valence-corrected chi connectivity index (χ0v) is 18.7. The summed E-state index contributed by atoms with van der Waals surface area (Å²) in [6.07, 6.45) is 1.62. The number of nitrogens with zero attached hydrogens (tertiary/aromatic N) is 5. The lowest BCUT2D eigenvalue weighted by Gasteiger charge is -2.36. The lowest BCUT2D eigenvalue weighted by atomic mass is 10.2. The number of aliphatic imine (C=N–C) groups is 1. The Morgan fingerprint density at radius 3 is 2.71 bits per heavy atom. The van der Waals surface area contributed by atoms with Gasteiger partial charge in [-0.3, -0.25) is 9.69 Å². The van der Waals surface area contributed by atoms with E-state index in [0.29, 0.717) is 13.1 Å². The van der Waals surface area contributed by atoms with E-state index >= 15 is 0 Å². The minimum absolute atomic E-state index is 0.0255. The number of nitrogens with one attached hydrogen (secondary N) is 2.